The predicted molar refractivity (Wildman–Crippen MR) is 123 cm³/mol. The second-order valence-corrected chi connectivity index (χ2v) is 9.33. The fourth-order valence-corrected chi connectivity index (χ4v) is 5.49. The van der Waals surface area contributed by atoms with Gasteiger partial charge in [0.15, 0.2) is 23.0 Å². The van der Waals surface area contributed by atoms with Gasteiger partial charge in [-0.3, -0.25) is 4.79 Å². The van der Waals surface area contributed by atoms with Crippen molar-refractivity contribution in [2.24, 2.45) is 11.8 Å². The molecule has 6 rings (SSSR count). The summed E-state index contributed by atoms with van der Waals surface area (Å²) in [5.74, 6) is -15.5. The first-order valence-electron chi connectivity index (χ1n) is 11.9. The molecule has 1 fully saturated rings. The van der Waals surface area contributed by atoms with E-state index in [-0.39, 0.29) is 24.9 Å². The summed E-state index contributed by atoms with van der Waals surface area (Å²) in [6.45, 7) is -0.0655. The van der Waals surface area contributed by atoms with E-state index in [9.17, 15) is 31.9 Å². The summed E-state index contributed by atoms with van der Waals surface area (Å²) in [4.78, 5) is 12.9. The number of carbonyl (C=O) groups excluding carboxylic acids is 1. The van der Waals surface area contributed by atoms with Crippen LogP contribution < -0.4 is 23.7 Å². The van der Waals surface area contributed by atoms with Gasteiger partial charge < -0.3 is 33.5 Å². The summed E-state index contributed by atoms with van der Waals surface area (Å²) in [5.41, 5.74) is 1.39. The molecular weight excluding hydrogens is 547 g/mol. The zero-order chi connectivity index (χ0) is 28.5. The number of hydrogen-bond donors (Lipinski definition) is 1. The minimum Gasteiger partial charge on any atom is -0.493 e. The molecule has 0 bridgehead atoms. The molecule has 8 nitrogen and oxygen atoms in total. The molecule has 1 N–H and O–H groups in total. The van der Waals surface area contributed by atoms with Crippen molar-refractivity contribution in [3.05, 3.63) is 70.0 Å². The molecule has 3 aromatic carbocycles. The average molecular weight is 566 g/mol. The highest BCUT2D eigenvalue weighted by atomic mass is 19.2. The molecule has 0 aromatic heterocycles. The Kier molecular flexibility index (Phi) is 6.13. The lowest BCUT2D eigenvalue weighted by molar-refractivity contribution is -0.141. The number of fused-ring (bicyclic) bond motifs is 3. The lowest BCUT2D eigenvalue weighted by atomic mass is 9.66. The molecule has 0 spiro atoms. The van der Waals surface area contributed by atoms with Crippen LogP contribution in [0.1, 0.15) is 28.7 Å². The second kappa shape index (κ2) is 9.44. The van der Waals surface area contributed by atoms with Crippen molar-refractivity contribution in [3.8, 4) is 34.5 Å². The van der Waals surface area contributed by atoms with Crippen LogP contribution in [0.4, 0.5) is 22.0 Å². The molecule has 0 saturated carbocycles. The Morgan fingerprint density at radius 1 is 0.775 bits per heavy atom. The third kappa shape index (κ3) is 3.71. The molecule has 4 atom stereocenters. The van der Waals surface area contributed by atoms with Crippen molar-refractivity contribution in [1.82, 2.24) is 0 Å². The van der Waals surface area contributed by atoms with E-state index in [4.69, 9.17) is 28.4 Å². The minimum absolute atomic E-state index is 0.0285. The summed E-state index contributed by atoms with van der Waals surface area (Å²) in [6.07, 6.45) is -1.06. The maximum atomic E-state index is 14.4. The molecule has 1 aliphatic carbocycles. The fraction of sp³-hybridized carbons (Fsp3) is 0.296. The highest BCUT2D eigenvalue weighted by Gasteiger charge is 2.52. The first-order valence-corrected chi connectivity index (χ1v) is 11.9. The second-order valence-electron chi connectivity index (χ2n) is 9.33. The van der Waals surface area contributed by atoms with E-state index < -0.39 is 70.4 Å². The van der Waals surface area contributed by atoms with Gasteiger partial charge in [-0.2, -0.15) is 8.78 Å². The molecule has 13 heteroatoms. The van der Waals surface area contributed by atoms with Crippen LogP contribution >= 0.6 is 0 Å². The quantitative estimate of drug-likeness (QED) is 0.202. The lowest BCUT2D eigenvalue weighted by Gasteiger charge is -2.37. The van der Waals surface area contributed by atoms with Gasteiger partial charge in [0, 0.05) is 11.8 Å². The normalized spacial score (nSPS) is 22.4. The molecule has 3 aromatic rings. The number of halogens is 5. The van der Waals surface area contributed by atoms with Crippen LogP contribution in [0, 0.1) is 40.9 Å². The lowest BCUT2D eigenvalue weighted by Crippen LogP contribution is -2.34. The number of methoxy groups -OCH3 is 2. The van der Waals surface area contributed by atoms with Gasteiger partial charge >= 0.3 is 5.97 Å². The highest BCUT2D eigenvalue weighted by molar-refractivity contribution is 5.79. The average Bonchev–Trinajstić information content (AvgIpc) is 3.58. The summed E-state index contributed by atoms with van der Waals surface area (Å²) < 4.78 is 102. The van der Waals surface area contributed by atoms with Gasteiger partial charge in [0.05, 0.1) is 32.8 Å². The zero-order valence-electron chi connectivity index (χ0n) is 20.7. The van der Waals surface area contributed by atoms with Crippen molar-refractivity contribution in [1.29, 1.82) is 0 Å². The third-order valence-electron chi connectivity index (χ3n) is 7.36. The molecule has 0 unspecified atom stereocenters. The SMILES string of the molecule is COc1cc([C@@H]2c3cc4c(cc3[C@@H](O)[C@H]3COC(=O)[C@H]23)OCO4)cc(OC)c1Oc1c(F)c(F)c(F)c(F)c1F. The van der Waals surface area contributed by atoms with E-state index in [0.717, 1.165) is 0 Å². The number of aliphatic hydroxyl groups excluding tert-OH is 1. The number of hydrogen-bond acceptors (Lipinski definition) is 8. The van der Waals surface area contributed by atoms with Crippen molar-refractivity contribution >= 4 is 5.97 Å². The number of esters is 1. The Hall–Kier alpha value is -4.26. The van der Waals surface area contributed by atoms with Gasteiger partial charge in [-0.05, 0) is 41.0 Å². The minimum atomic E-state index is -2.34. The molecule has 3 aliphatic rings. The standard InChI is InChI=1S/C27H19F5O8/c1-35-15-3-9(4-16(36-2)25(15)40-26-22(31)20(29)19(28)21(30)23(26)32)17-10-5-13-14(39-8-38-13)6-11(10)24(33)12-7-37-27(34)18(12)17/h3-6,12,17-18,24,33H,7-8H2,1-2H3/t12-,17+,18-,24+/m0/s1. The van der Waals surface area contributed by atoms with Crippen molar-refractivity contribution in [3.63, 3.8) is 0 Å². The summed E-state index contributed by atoms with van der Waals surface area (Å²) in [5, 5.41) is 11.1. The monoisotopic (exact) mass is 566 g/mol. The Bertz CT molecular complexity index is 1510. The largest absolute Gasteiger partial charge is 0.493 e. The molecule has 0 radical (unpaired) electrons. The summed E-state index contributed by atoms with van der Waals surface area (Å²) >= 11 is 0. The van der Waals surface area contributed by atoms with Crippen LogP contribution in [0.25, 0.3) is 0 Å². The van der Waals surface area contributed by atoms with Crippen molar-refractivity contribution in [2.75, 3.05) is 27.6 Å². The topological polar surface area (TPSA) is 92.7 Å². The van der Waals surface area contributed by atoms with E-state index in [1.165, 1.54) is 26.4 Å². The Morgan fingerprint density at radius 2 is 1.32 bits per heavy atom. The predicted octanol–water partition coefficient (Wildman–Crippen LogP) is 4.89. The number of cyclic esters (lactones) is 1. The van der Waals surface area contributed by atoms with Crippen LogP contribution in [-0.4, -0.2) is 38.7 Å². The molecule has 1 saturated heterocycles. The van der Waals surface area contributed by atoms with Gasteiger partial charge in [-0.15, -0.1) is 0 Å². The Labute approximate surface area is 222 Å². The third-order valence-corrected chi connectivity index (χ3v) is 7.36. The molecular formula is C27H19F5O8. The summed E-state index contributed by atoms with van der Waals surface area (Å²) in [6, 6.07) is 6.03. The van der Waals surface area contributed by atoms with Gasteiger partial charge in [-0.25, -0.2) is 13.2 Å². The maximum absolute atomic E-state index is 14.4. The maximum Gasteiger partial charge on any atom is 0.310 e. The van der Waals surface area contributed by atoms with Crippen molar-refractivity contribution < 1.29 is 60.3 Å². The van der Waals surface area contributed by atoms with Crippen LogP contribution in [0.2, 0.25) is 0 Å². The Balaban J connectivity index is 1.52. The number of benzene rings is 3. The van der Waals surface area contributed by atoms with E-state index in [1.54, 1.807) is 12.1 Å². The summed E-state index contributed by atoms with van der Waals surface area (Å²) in [7, 11) is 2.38. The zero-order valence-corrected chi connectivity index (χ0v) is 20.7. The van der Waals surface area contributed by atoms with Gasteiger partial charge in [0.2, 0.25) is 47.4 Å². The number of rotatable bonds is 5. The van der Waals surface area contributed by atoms with Crippen LogP contribution in [0.3, 0.4) is 0 Å². The van der Waals surface area contributed by atoms with Gasteiger partial charge in [-0.1, -0.05) is 0 Å². The first kappa shape index (κ1) is 26.0. The van der Waals surface area contributed by atoms with Crippen LogP contribution in [0.15, 0.2) is 24.3 Å². The molecule has 210 valence electrons. The highest BCUT2D eigenvalue weighted by Crippen LogP contribution is 2.56. The van der Waals surface area contributed by atoms with Crippen LogP contribution in [-0.2, 0) is 9.53 Å². The van der Waals surface area contributed by atoms with E-state index in [2.05, 4.69) is 0 Å². The molecule has 0 amide bonds. The molecule has 2 heterocycles. The smallest absolute Gasteiger partial charge is 0.310 e. The van der Waals surface area contributed by atoms with Gasteiger partial charge in [0.25, 0.3) is 0 Å². The Morgan fingerprint density at radius 3 is 1.90 bits per heavy atom. The van der Waals surface area contributed by atoms with E-state index >= 15 is 0 Å². The molecule has 40 heavy (non-hydrogen) atoms. The first-order chi connectivity index (χ1) is 19.2. The fourth-order valence-electron chi connectivity index (χ4n) is 5.49. The van der Waals surface area contributed by atoms with Crippen LogP contribution in [0.5, 0.6) is 34.5 Å². The number of aliphatic hydroxyl groups is 1. The number of ether oxygens (including phenoxy) is 6. The van der Waals surface area contributed by atoms with E-state index in [0.29, 0.717) is 28.2 Å². The van der Waals surface area contributed by atoms with E-state index in [1.807, 2.05) is 0 Å². The van der Waals surface area contributed by atoms with Gasteiger partial charge in [0.1, 0.15) is 0 Å². The number of carbonyl (C=O) groups is 1. The molecule has 2 aliphatic heterocycles. The van der Waals surface area contributed by atoms with Crippen molar-refractivity contribution in [2.45, 2.75) is 12.0 Å².